The molecule has 2 aromatic carbocycles. The maximum atomic E-state index is 12.4. The fourth-order valence-corrected chi connectivity index (χ4v) is 3.35. The lowest BCUT2D eigenvalue weighted by molar-refractivity contribution is -0.117. The fourth-order valence-electron chi connectivity index (χ4n) is 2.45. The summed E-state index contributed by atoms with van der Waals surface area (Å²) in [6.45, 7) is 2.05. The van der Waals surface area contributed by atoms with Crippen molar-refractivity contribution < 1.29 is 9.59 Å². The van der Waals surface area contributed by atoms with E-state index in [2.05, 4.69) is 40.1 Å². The maximum absolute atomic E-state index is 12.4. The summed E-state index contributed by atoms with van der Waals surface area (Å²) in [6.07, 6.45) is 0.928. The van der Waals surface area contributed by atoms with Gasteiger partial charge in [-0.2, -0.15) is 0 Å². The van der Waals surface area contributed by atoms with Crippen LogP contribution in [0.25, 0.3) is 0 Å². The van der Waals surface area contributed by atoms with Gasteiger partial charge < -0.3 is 10.6 Å². The molecule has 0 spiro atoms. The highest BCUT2D eigenvalue weighted by Crippen LogP contribution is 2.38. The van der Waals surface area contributed by atoms with Gasteiger partial charge in [-0.05, 0) is 71.3 Å². The van der Waals surface area contributed by atoms with Crippen molar-refractivity contribution in [2.24, 2.45) is 11.8 Å². The Morgan fingerprint density at radius 1 is 1.17 bits per heavy atom. The maximum Gasteiger partial charge on any atom is 0.255 e. The highest BCUT2D eigenvalue weighted by molar-refractivity contribution is 14.1. The van der Waals surface area contributed by atoms with Crippen molar-refractivity contribution in [1.29, 1.82) is 0 Å². The van der Waals surface area contributed by atoms with Gasteiger partial charge in [0.25, 0.3) is 5.91 Å². The second-order valence-corrected chi connectivity index (χ2v) is 7.62. The summed E-state index contributed by atoms with van der Waals surface area (Å²) in [6, 6.07) is 12.3. The van der Waals surface area contributed by atoms with Crippen LogP contribution < -0.4 is 10.6 Å². The summed E-state index contributed by atoms with van der Waals surface area (Å²) < 4.78 is 0.995. The molecule has 0 aromatic heterocycles. The number of hydrogen-bond donors (Lipinski definition) is 2. The number of anilines is 2. The number of rotatable bonds is 4. The lowest BCUT2D eigenvalue weighted by atomic mass is 10.1. The van der Waals surface area contributed by atoms with Crippen LogP contribution in [-0.2, 0) is 4.79 Å². The third kappa shape index (κ3) is 4.08. The molecule has 0 aliphatic heterocycles. The average molecular weight is 455 g/mol. The Labute approximate surface area is 159 Å². The minimum atomic E-state index is -0.269. The molecule has 2 unspecified atom stereocenters. The highest BCUT2D eigenvalue weighted by atomic mass is 127. The Balaban J connectivity index is 1.70. The van der Waals surface area contributed by atoms with Gasteiger partial charge in [0.15, 0.2) is 0 Å². The van der Waals surface area contributed by atoms with E-state index in [0.29, 0.717) is 27.9 Å². The number of hydrogen-bond acceptors (Lipinski definition) is 2. The molecule has 1 saturated carbocycles. The Morgan fingerprint density at radius 2 is 1.92 bits per heavy atom. The molecular weight excluding hydrogens is 439 g/mol. The SMILES string of the molecule is CC1CC1C(=O)Nc1cccc(C(=O)Nc2ccc(I)cc2Cl)c1. The van der Waals surface area contributed by atoms with Gasteiger partial charge in [-0.3, -0.25) is 9.59 Å². The van der Waals surface area contributed by atoms with E-state index < -0.39 is 0 Å². The second-order valence-electron chi connectivity index (χ2n) is 5.97. The first-order valence-corrected chi connectivity index (χ1v) is 9.07. The topological polar surface area (TPSA) is 58.2 Å². The number of amides is 2. The highest BCUT2D eigenvalue weighted by Gasteiger charge is 2.39. The molecule has 2 aromatic rings. The summed E-state index contributed by atoms with van der Waals surface area (Å²) in [5.41, 5.74) is 1.65. The van der Waals surface area contributed by atoms with Crippen LogP contribution in [0.3, 0.4) is 0 Å². The normalized spacial score (nSPS) is 18.8. The predicted molar refractivity (Wildman–Crippen MR) is 104 cm³/mol. The van der Waals surface area contributed by atoms with E-state index in [9.17, 15) is 9.59 Å². The third-order valence-corrected chi connectivity index (χ3v) is 5.00. The van der Waals surface area contributed by atoms with Gasteiger partial charge in [0.1, 0.15) is 0 Å². The van der Waals surface area contributed by atoms with Gasteiger partial charge in [0.05, 0.1) is 10.7 Å². The minimum absolute atomic E-state index is 0.0146. The zero-order valence-electron chi connectivity index (χ0n) is 13.0. The van der Waals surface area contributed by atoms with Crippen LogP contribution in [0.1, 0.15) is 23.7 Å². The van der Waals surface area contributed by atoms with E-state index in [4.69, 9.17) is 11.6 Å². The van der Waals surface area contributed by atoms with E-state index in [1.807, 2.05) is 6.07 Å². The lowest BCUT2D eigenvalue weighted by Crippen LogP contribution is -2.16. The number of nitrogens with one attached hydrogen (secondary N) is 2. The Hall–Kier alpha value is -1.60. The van der Waals surface area contributed by atoms with E-state index >= 15 is 0 Å². The average Bonchev–Trinajstić information content (AvgIpc) is 3.27. The zero-order valence-corrected chi connectivity index (χ0v) is 15.9. The standard InChI is InChI=1S/C18H16ClIN2O2/c1-10-7-14(10)18(24)21-13-4-2-3-11(8-13)17(23)22-16-6-5-12(20)9-15(16)19/h2-6,8-10,14H,7H2,1H3,(H,21,24)(H,22,23). The molecule has 124 valence electrons. The van der Waals surface area contributed by atoms with Crippen LogP contribution in [0.4, 0.5) is 11.4 Å². The summed E-state index contributed by atoms with van der Waals surface area (Å²) in [4.78, 5) is 24.4. The van der Waals surface area contributed by atoms with Crippen LogP contribution in [0.15, 0.2) is 42.5 Å². The number of benzene rings is 2. The van der Waals surface area contributed by atoms with E-state index in [1.54, 1.807) is 36.4 Å². The van der Waals surface area contributed by atoms with Crippen molar-refractivity contribution in [3.05, 3.63) is 56.6 Å². The van der Waals surface area contributed by atoms with Gasteiger partial charge in [0, 0.05) is 20.7 Å². The molecule has 6 heteroatoms. The molecule has 0 bridgehead atoms. The number of carbonyl (C=O) groups excluding carboxylic acids is 2. The van der Waals surface area contributed by atoms with Gasteiger partial charge in [-0.25, -0.2) is 0 Å². The zero-order chi connectivity index (χ0) is 17.3. The largest absolute Gasteiger partial charge is 0.326 e. The molecule has 2 N–H and O–H groups in total. The molecule has 3 rings (SSSR count). The predicted octanol–water partition coefficient (Wildman–Crippen LogP) is 4.79. The van der Waals surface area contributed by atoms with Crippen LogP contribution in [0, 0.1) is 15.4 Å². The molecule has 1 fully saturated rings. The van der Waals surface area contributed by atoms with Gasteiger partial charge in [0.2, 0.25) is 5.91 Å². The molecule has 0 radical (unpaired) electrons. The Bertz CT molecular complexity index is 809. The first-order valence-electron chi connectivity index (χ1n) is 7.61. The summed E-state index contributed by atoms with van der Waals surface area (Å²) in [5.74, 6) is 0.280. The van der Waals surface area contributed by atoms with Crippen molar-refractivity contribution >= 4 is 57.4 Å². The number of carbonyl (C=O) groups is 2. The monoisotopic (exact) mass is 454 g/mol. The van der Waals surface area contributed by atoms with Crippen molar-refractivity contribution in [2.45, 2.75) is 13.3 Å². The van der Waals surface area contributed by atoms with E-state index in [0.717, 1.165) is 9.99 Å². The van der Waals surface area contributed by atoms with Crippen LogP contribution in [0.5, 0.6) is 0 Å². The van der Waals surface area contributed by atoms with Gasteiger partial charge in [-0.15, -0.1) is 0 Å². The summed E-state index contributed by atoms with van der Waals surface area (Å²) >= 11 is 8.30. The molecule has 1 aliphatic rings. The molecular formula is C18H16ClIN2O2. The van der Waals surface area contributed by atoms with Crippen molar-refractivity contribution in [2.75, 3.05) is 10.6 Å². The van der Waals surface area contributed by atoms with E-state index in [-0.39, 0.29) is 17.7 Å². The quantitative estimate of drug-likeness (QED) is 0.653. The van der Waals surface area contributed by atoms with Gasteiger partial charge in [-0.1, -0.05) is 24.6 Å². The molecule has 2 atom stereocenters. The molecule has 0 heterocycles. The summed E-state index contributed by atoms with van der Waals surface area (Å²) in [5, 5.41) is 6.14. The lowest BCUT2D eigenvalue weighted by Gasteiger charge is -2.09. The van der Waals surface area contributed by atoms with Gasteiger partial charge >= 0.3 is 0 Å². The Kier molecular flexibility index (Phi) is 5.10. The van der Waals surface area contributed by atoms with Crippen molar-refractivity contribution in [3.8, 4) is 0 Å². The van der Waals surface area contributed by atoms with E-state index in [1.165, 1.54) is 0 Å². The molecule has 0 saturated heterocycles. The third-order valence-electron chi connectivity index (χ3n) is 4.02. The molecule has 1 aliphatic carbocycles. The smallest absolute Gasteiger partial charge is 0.255 e. The first kappa shape index (κ1) is 17.2. The molecule has 24 heavy (non-hydrogen) atoms. The molecule has 4 nitrogen and oxygen atoms in total. The van der Waals surface area contributed by atoms with Crippen LogP contribution >= 0.6 is 34.2 Å². The van der Waals surface area contributed by atoms with Crippen molar-refractivity contribution in [3.63, 3.8) is 0 Å². The van der Waals surface area contributed by atoms with Crippen LogP contribution in [-0.4, -0.2) is 11.8 Å². The molecule has 2 amide bonds. The summed E-state index contributed by atoms with van der Waals surface area (Å²) in [7, 11) is 0. The fraction of sp³-hybridized carbons (Fsp3) is 0.222. The minimum Gasteiger partial charge on any atom is -0.326 e. The first-order chi connectivity index (χ1) is 11.4. The van der Waals surface area contributed by atoms with Crippen molar-refractivity contribution in [1.82, 2.24) is 0 Å². The van der Waals surface area contributed by atoms with Crippen LogP contribution in [0.2, 0.25) is 5.02 Å². The second kappa shape index (κ2) is 7.11. The Morgan fingerprint density at radius 3 is 2.58 bits per heavy atom. The number of halogens is 2.